The summed E-state index contributed by atoms with van der Waals surface area (Å²) in [6.07, 6.45) is 3.60. The van der Waals surface area contributed by atoms with Crippen LogP contribution in [0, 0.1) is 6.92 Å². The summed E-state index contributed by atoms with van der Waals surface area (Å²) < 4.78 is 34.1. The van der Waals surface area contributed by atoms with Gasteiger partial charge in [0.1, 0.15) is 5.65 Å². The second-order valence-electron chi connectivity index (χ2n) is 6.68. The molecule has 1 saturated heterocycles. The van der Waals surface area contributed by atoms with Crippen LogP contribution >= 0.6 is 11.6 Å². The maximum absolute atomic E-state index is 12.9. The SMILES string of the molecule is Cc1cn2ccc(C(=O)Nc3cc(S(=O)(=O)N4CCOCC4)ccc3Cl)cc2n1. The van der Waals surface area contributed by atoms with Gasteiger partial charge in [0.15, 0.2) is 0 Å². The number of amides is 1. The van der Waals surface area contributed by atoms with E-state index in [1.54, 1.807) is 18.3 Å². The molecule has 1 aromatic carbocycles. The van der Waals surface area contributed by atoms with Gasteiger partial charge >= 0.3 is 0 Å². The van der Waals surface area contributed by atoms with Crippen molar-refractivity contribution in [1.82, 2.24) is 13.7 Å². The lowest BCUT2D eigenvalue weighted by Gasteiger charge is -2.26. The van der Waals surface area contributed by atoms with Gasteiger partial charge in [-0.3, -0.25) is 4.79 Å². The van der Waals surface area contributed by atoms with Crippen LogP contribution in [-0.2, 0) is 14.8 Å². The molecule has 1 amide bonds. The average molecular weight is 435 g/mol. The smallest absolute Gasteiger partial charge is 0.255 e. The van der Waals surface area contributed by atoms with E-state index >= 15 is 0 Å². The molecule has 1 aliphatic heterocycles. The van der Waals surface area contributed by atoms with Gasteiger partial charge in [-0.1, -0.05) is 11.6 Å². The van der Waals surface area contributed by atoms with Crippen molar-refractivity contribution in [1.29, 1.82) is 0 Å². The van der Waals surface area contributed by atoms with E-state index in [1.807, 2.05) is 17.5 Å². The predicted molar refractivity (Wildman–Crippen MR) is 109 cm³/mol. The molecule has 10 heteroatoms. The number of nitrogens with zero attached hydrogens (tertiary/aromatic N) is 3. The normalized spacial score (nSPS) is 15.5. The Balaban J connectivity index is 1.60. The number of ether oxygens (including phenoxy) is 1. The van der Waals surface area contributed by atoms with E-state index in [-0.39, 0.29) is 28.7 Å². The van der Waals surface area contributed by atoms with Crippen molar-refractivity contribution < 1.29 is 17.9 Å². The highest BCUT2D eigenvalue weighted by atomic mass is 35.5. The summed E-state index contributed by atoms with van der Waals surface area (Å²) in [6, 6.07) is 7.59. The third kappa shape index (κ3) is 3.99. The molecule has 1 fully saturated rings. The topological polar surface area (TPSA) is 93.0 Å². The number of hydrogen-bond acceptors (Lipinski definition) is 5. The molecule has 2 aromatic heterocycles. The zero-order valence-corrected chi connectivity index (χ0v) is 17.2. The Labute approximate surface area is 173 Å². The second kappa shape index (κ2) is 7.75. The number of carbonyl (C=O) groups is 1. The van der Waals surface area contributed by atoms with Gasteiger partial charge in [0.2, 0.25) is 10.0 Å². The summed E-state index contributed by atoms with van der Waals surface area (Å²) in [5.74, 6) is -0.407. The van der Waals surface area contributed by atoms with Crippen molar-refractivity contribution >= 4 is 38.9 Å². The zero-order valence-electron chi connectivity index (χ0n) is 15.6. The second-order valence-corrected chi connectivity index (χ2v) is 9.02. The molecule has 0 aliphatic carbocycles. The quantitative estimate of drug-likeness (QED) is 0.681. The number of imidazole rings is 1. The van der Waals surface area contributed by atoms with Gasteiger partial charge in [-0.2, -0.15) is 4.31 Å². The highest BCUT2D eigenvalue weighted by Crippen LogP contribution is 2.28. The number of halogens is 1. The fourth-order valence-corrected chi connectivity index (χ4v) is 4.74. The van der Waals surface area contributed by atoms with Crippen molar-refractivity contribution in [2.24, 2.45) is 0 Å². The third-order valence-electron chi connectivity index (χ3n) is 4.64. The van der Waals surface area contributed by atoms with Crippen LogP contribution in [0.5, 0.6) is 0 Å². The maximum atomic E-state index is 12.9. The predicted octanol–water partition coefficient (Wildman–Crippen LogP) is 2.57. The Bertz CT molecular complexity index is 1190. The van der Waals surface area contributed by atoms with Crippen LogP contribution < -0.4 is 5.32 Å². The summed E-state index contributed by atoms with van der Waals surface area (Å²) in [5, 5.41) is 2.95. The van der Waals surface area contributed by atoms with E-state index in [0.717, 1.165) is 5.69 Å². The van der Waals surface area contributed by atoms with Crippen LogP contribution in [0.25, 0.3) is 5.65 Å². The minimum Gasteiger partial charge on any atom is -0.379 e. The number of fused-ring (bicyclic) bond motifs is 1. The highest BCUT2D eigenvalue weighted by molar-refractivity contribution is 7.89. The Morgan fingerprint density at radius 2 is 1.97 bits per heavy atom. The number of aromatic nitrogens is 2. The van der Waals surface area contributed by atoms with Gasteiger partial charge in [0.25, 0.3) is 5.91 Å². The first-order chi connectivity index (χ1) is 13.8. The molecule has 1 N–H and O–H groups in total. The lowest BCUT2D eigenvalue weighted by Crippen LogP contribution is -2.40. The van der Waals surface area contributed by atoms with E-state index < -0.39 is 15.9 Å². The van der Waals surface area contributed by atoms with Crippen LogP contribution in [0.3, 0.4) is 0 Å². The van der Waals surface area contributed by atoms with Gasteiger partial charge in [0.05, 0.1) is 34.5 Å². The average Bonchev–Trinajstić information content (AvgIpc) is 3.09. The van der Waals surface area contributed by atoms with Crippen molar-refractivity contribution in [3.05, 3.63) is 59.0 Å². The van der Waals surface area contributed by atoms with Gasteiger partial charge in [-0.05, 0) is 37.3 Å². The molecule has 0 saturated carbocycles. The van der Waals surface area contributed by atoms with Gasteiger partial charge < -0.3 is 14.5 Å². The summed E-state index contributed by atoms with van der Waals surface area (Å²) in [7, 11) is -3.70. The first-order valence-electron chi connectivity index (χ1n) is 8.99. The molecule has 152 valence electrons. The Hall–Kier alpha value is -2.46. The third-order valence-corrected chi connectivity index (χ3v) is 6.86. The van der Waals surface area contributed by atoms with E-state index in [1.165, 1.54) is 22.5 Å². The van der Waals surface area contributed by atoms with Crippen LogP contribution in [0.4, 0.5) is 5.69 Å². The summed E-state index contributed by atoms with van der Waals surface area (Å²) in [6.45, 7) is 3.15. The Morgan fingerprint density at radius 3 is 2.72 bits per heavy atom. The number of pyridine rings is 1. The fraction of sp³-hybridized carbons (Fsp3) is 0.263. The molecule has 3 aromatic rings. The van der Waals surface area contributed by atoms with E-state index in [4.69, 9.17) is 16.3 Å². The molecule has 3 heterocycles. The Kier molecular flexibility index (Phi) is 5.30. The molecule has 0 bridgehead atoms. The molecule has 8 nitrogen and oxygen atoms in total. The number of benzene rings is 1. The van der Waals surface area contributed by atoms with Crippen molar-refractivity contribution in [3.8, 4) is 0 Å². The van der Waals surface area contributed by atoms with E-state index in [2.05, 4.69) is 10.3 Å². The molecule has 29 heavy (non-hydrogen) atoms. The first-order valence-corrected chi connectivity index (χ1v) is 10.8. The molecular formula is C19H19ClN4O4S. The molecule has 4 rings (SSSR count). The lowest BCUT2D eigenvalue weighted by molar-refractivity contribution is 0.0730. The minimum absolute atomic E-state index is 0.0680. The maximum Gasteiger partial charge on any atom is 0.255 e. The monoisotopic (exact) mass is 434 g/mol. The zero-order chi connectivity index (χ0) is 20.6. The van der Waals surface area contributed by atoms with Crippen LogP contribution in [-0.4, -0.2) is 54.3 Å². The van der Waals surface area contributed by atoms with Gasteiger partial charge in [-0.25, -0.2) is 13.4 Å². The van der Waals surface area contributed by atoms with E-state index in [0.29, 0.717) is 24.4 Å². The number of aryl methyl sites for hydroxylation is 1. The summed E-state index contributed by atoms with van der Waals surface area (Å²) in [4.78, 5) is 17.1. The molecule has 0 radical (unpaired) electrons. The minimum atomic E-state index is -3.70. The van der Waals surface area contributed by atoms with Crippen molar-refractivity contribution in [3.63, 3.8) is 0 Å². The molecule has 0 atom stereocenters. The van der Waals surface area contributed by atoms with Crippen LogP contribution in [0.15, 0.2) is 47.6 Å². The molecule has 0 unspecified atom stereocenters. The summed E-state index contributed by atoms with van der Waals surface area (Å²) >= 11 is 6.20. The number of hydrogen-bond donors (Lipinski definition) is 1. The Morgan fingerprint density at radius 1 is 1.21 bits per heavy atom. The van der Waals surface area contributed by atoms with Gasteiger partial charge in [0, 0.05) is 31.0 Å². The van der Waals surface area contributed by atoms with Crippen molar-refractivity contribution in [2.75, 3.05) is 31.6 Å². The van der Waals surface area contributed by atoms with Crippen LogP contribution in [0.1, 0.15) is 16.1 Å². The number of rotatable bonds is 4. The number of morpholine rings is 1. The van der Waals surface area contributed by atoms with Gasteiger partial charge in [-0.15, -0.1) is 0 Å². The van der Waals surface area contributed by atoms with E-state index in [9.17, 15) is 13.2 Å². The molecule has 0 spiro atoms. The number of nitrogens with one attached hydrogen (secondary N) is 1. The number of carbonyl (C=O) groups excluding carboxylic acids is 1. The standard InChI is InChI=1S/C19H19ClN4O4S/c1-13-12-23-5-4-14(10-18(23)21-13)19(25)22-17-11-15(2-3-16(17)20)29(26,27)24-6-8-28-9-7-24/h2-5,10-12H,6-9H2,1H3,(H,22,25). The lowest BCUT2D eigenvalue weighted by atomic mass is 10.2. The van der Waals surface area contributed by atoms with Crippen LogP contribution in [0.2, 0.25) is 5.02 Å². The highest BCUT2D eigenvalue weighted by Gasteiger charge is 2.27. The summed E-state index contributed by atoms with van der Waals surface area (Å²) in [5.41, 5.74) is 2.10. The largest absolute Gasteiger partial charge is 0.379 e. The van der Waals surface area contributed by atoms with Crippen molar-refractivity contribution in [2.45, 2.75) is 11.8 Å². The first kappa shape index (κ1) is 19.8. The molecular weight excluding hydrogens is 416 g/mol. The molecule has 1 aliphatic rings. The number of anilines is 1. The fourth-order valence-electron chi connectivity index (χ4n) is 3.14. The number of sulfonamides is 1.